The molecule has 2 aromatic carbocycles. The van der Waals surface area contributed by atoms with Crippen molar-refractivity contribution in [3.63, 3.8) is 0 Å². The van der Waals surface area contributed by atoms with Gasteiger partial charge in [0, 0.05) is 18.3 Å². The molecular weight excluding hydrogens is 306 g/mol. The molecule has 1 fully saturated rings. The molecule has 2 atom stereocenters. The summed E-state index contributed by atoms with van der Waals surface area (Å²) in [4.78, 5) is 16.1. The van der Waals surface area contributed by atoms with E-state index in [2.05, 4.69) is 21.3 Å². The van der Waals surface area contributed by atoms with Crippen molar-refractivity contribution in [2.45, 2.75) is 18.6 Å². The molecule has 122 valence electrons. The first-order valence-electron chi connectivity index (χ1n) is 7.44. The number of carbonyl (C=O) groups is 1. The largest absolute Gasteiger partial charge is 0.416 e. The van der Waals surface area contributed by atoms with Crippen LogP contribution in [0.1, 0.15) is 6.92 Å². The molecule has 8 nitrogen and oxygen atoms in total. The number of carbonyl (C=O) groups excluding carboxylic acids is 1. The molecule has 1 saturated heterocycles. The Morgan fingerprint density at radius 1 is 1.21 bits per heavy atom. The summed E-state index contributed by atoms with van der Waals surface area (Å²) in [5, 5.41) is 10.8. The van der Waals surface area contributed by atoms with E-state index in [1.165, 1.54) is 5.01 Å². The lowest BCUT2D eigenvalue weighted by atomic mass is 10.1. The Morgan fingerprint density at radius 3 is 2.50 bits per heavy atom. The van der Waals surface area contributed by atoms with Crippen molar-refractivity contribution in [2.75, 3.05) is 16.2 Å². The zero-order valence-electron chi connectivity index (χ0n) is 13.1. The minimum Gasteiger partial charge on any atom is -0.399 e. The summed E-state index contributed by atoms with van der Waals surface area (Å²) in [7, 11) is 0. The van der Waals surface area contributed by atoms with Gasteiger partial charge in [-0.05, 0) is 36.4 Å². The number of nitrogens with one attached hydrogen (secondary N) is 3. The monoisotopic (exact) mass is 324 g/mol. The van der Waals surface area contributed by atoms with Crippen LogP contribution in [-0.4, -0.2) is 17.6 Å². The van der Waals surface area contributed by atoms with E-state index in [1.807, 2.05) is 18.2 Å². The number of nitrogens with zero attached hydrogens (tertiary/aromatic N) is 3. The van der Waals surface area contributed by atoms with Gasteiger partial charge < -0.3 is 11.2 Å². The van der Waals surface area contributed by atoms with Crippen molar-refractivity contribution in [3.05, 3.63) is 59.6 Å². The Kier molecular flexibility index (Phi) is 4.04. The minimum absolute atomic E-state index is 0.274. The molecule has 0 spiro atoms. The predicted molar refractivity (Wildman–Crippen MR) is 92.0 cm³/mol. The van der Waals surface area contributed by atoms with Gasteiger partial charge in [-0.3, -0.25) is 4.79 Å². The van der Waals surface area contributed by atoms with Gasteiger partial charge in [0.05, 0.1) is 5.69 Å². The highest BCUT2D eigenvalue weighted by atomic mass is 16.2. The summed E-state index contributed by atoms with van der Waals surface area (Å²) in [6.07, 6.45) is 0. The lowest BCUT2D eigenvalue weighted by Gasteiger charge is -2.15. The zero-order chi connectivity index (χ0) is 17.2. The molecule has 8 heteroatoms. The van der Waals surface area contributed by atoms with Gasteiger partial charge in [0.15, 0.2) is 0 Å². The summed E-state index contributed by atoms with van der Waals surface area (Å²) in [6.45, 7) is 1.62. The van der Waals surface area contributed by atoms with Gasteiger partial charge in [-0.1, -0.05) is 18.2 Å². The first kappa shape index (κ1) is 15.7. The second kappa shape index (κ2) is 6.16. The molecule has 1 aliphatic heterocycles. The van der Waals surface area contributed by atoms with E-state index in [4.69, 9.17) is 5.73 Å². The van der Waals surface area contributed by atoms with Crippen molar-refractivity contribution in [1.29, 1.82) is 5.39 Å². The third-order valence-corrected chi connectivity index (χ3v) is 3.86. The maximum atomic E-state index is 12.7. The van der Waals surface area contributed by atoms with Crippen molar-refractivity contribution < 1.29 is 4.79 Å². The van der Waals surface area contributed by atoms with Crippen LogP contribution in [0.25, 0.3) is 4.98 Å². The van der Waals surface area contributed by atoms with Crippen LogP contribution in [0, 0.1) is 5.39 Å². The first-order chi connectivity index (χ1) is 11.5. The van der Waals surface area contributed by atoms with Gasteiger partial charge in [0.1, 0.15) is 4.98 Å². The van der Waals surface area contributed by atoms with E-state index in [0.29, 0.717) is 11.4 Å². The highest BCUT2D eigenvalue weighted by Crippen LogP contribution is 2.26. The van der Waals surface area contributed by atoms with Gasteiger partial charge in [0.2, 0.25) is 11.4 Å². The van der Waals surface area contributed by atoms with Crippen molar-refractivity contribution >= 4 is 23.0 Å². The molecule has 0 radical (unpaired) electrons. The average molecular weight is 324 g/mol. The summed E-state index contributed by atoms with van der Waals surface area (Å²) in [5.41, 5.74) is 15.2. The minimum atomic E-state index is -1.21. The fraction of sp³-hybridized carbons (Fsp3) is 0.188. The SMILES string of the molecule is CC1([N+]#N)NN(c2ccccc2)C(=O)C1NNc1ccc(N)cc1. The number of anilines is 3. The number of nitrogen functional groups attached to an aromatic ring is 1. The van der Waals surface area contributed by atoms with Crippen LogP contribution in [0.3, 0.4) is 0 Å². The predicted octanol–water partition coefficient (Wildman–Crippen LogP) is 1.67. The maximum Gasteiger partial charge on any atom is 0.416 e. The van der Waals surface area contributed by atoms with Crippen molar-refractivity contribution in [1.82, 2.24) is 10.9 Å². The average Bonchev–Trinajstić information content (AvgIpc) is 2.87. The molecule has 5 N–H and O–H groups in total. The molecule has 0 saturated carbocycles. The van der Waals surface area contributed by atoms with E-state index < -0.39 is 11.7 Å². The van der Waals surface area contributed by atoms with Crippen LogP contribution in [0.5, 0.6) is 0 Å². The lowest BCUT2D eigenvalue weighted by Crippen LogP contribution is -2.52. The number of hydrazine groups is 2. The quantitative estimate of drug-likeness (QED) is 0.387. The van der Waals surface area contributed by atoms with Gasteiger partial charge in [-0.25, -0.2) is 10.4 Å². The molecule has 0 aromatic heterocycles. The van der Waals surface area contributed by atoms with Crippen molar-refractivity contribution in [2.24, 2.45) is 0 Å². The van der Waals surface area contributed by atoms with Crippen LogP contribution in [0.2, 0.25) is 0 Å². The second-order valence-corrected chi connectivity index (χ2v) is 5.69. The molecule has 2 aromatic rings. The maximum absolute atomic E-state index is 12.7. The Hall–Kier alpha value is -3.15. The number of benzene rings is 2. The Balaban J connectivity index is 1.79. The van der Waals surface area contributed by atoms with E-state index in [1.54, 1.807) is 43.3 Å². The molecular formula is C16H18N7O+. The molecule has 1 amide bonds. The van der Waals surface area contributed by atoms with Gasteiger partial charge in [0.25, 0.3) is 5.91 Å². The topological polar surface area (TPSA) is 111 Å². The first-order valence-corrected chi connectivity index (χ1v) is 7.44. The molecule has 0 aliphatic carbocycles. The number of hydrogen-bond acceptors (Lipinski definition) is 6. The lowest BCUT2D eigenvalue weighted by molar-refractivity contribution is -0.119. The number of diazo groups is 1. The number of para-hydroxylation sites is 1. The van der Waals surface area contributed by atoms with Crippen LogP contribution in [-0.2, 0) is 4.79 Å². The van der Waals surface area contributed by atoms with Gasteiger partial charge in [-0.2, -0.15) is 0 Å². The van der Waals surface area contributed by atoms with E-state index >= 15 is 0 Å². The standard InChI is InChI=1S/C16H17N7O/c1-16(21-18)14(20-19-12-9-7-11(17)8-10-12)15(24)23(22-16)13-5-3-2-4-6-13/h2-10,14,18,22H,1H3,(H2,17,20)/p+1. The van der Waals surface area contributed by atoms with E-state index in [9.17, 15) is 10.2 Å². The van der Waals surface area contributed by atoms with Crippen LogP contribution < -0.4 is 27.0 Å². The normalized spacial score (nSPS) is 23.1. The smallest absolute Gasteiger partial charge is 0.399 e. The van der Waals surface area contributed by atoms with Crippen molar-refractivity contribution in [3.8, 4) is 0 Å². The van der Waals surface area contributed by atoms with Crippen LogP contribution in [0.4, 0.5) is 17.1 Å². The Labute approximate surface area is 139 Å². The third-order valence-electron chi connectivity index (χ3n) is 3.86. The third kappa shape index (κ3) is 2.86. The Bertz CT molecular complexity index is 771. The number of amides is 1. The van der Waals surface area contributed by atoms with Gasteiger partial charge >= 0.3 is 5.66 Å². The van der Waals surface area contributed by atoms with Crippen LogP contribution >= 0.6 is 0 Å². The van der Waals surface area contributed by atoms with Gasteiger partial charge in [-0.15, -0.1) is 5.43 Å². The van der Waals surface area contributed by atoms with Crippen LogP contribution in [0.15, 0.2) is 54.6 Å². The van der Waals surface area contributed by atoms with E-state index in [0.717, 1.165) is 5.69 Å². The molecule has 3 rings (SSSR count). The molecule has 24 heavy (non-hydrogen) atoms. The zero-order valence-corrected chi connectivity index (χ0v) is 13.1. The molecule has 1 aliphatic rings. The second-order valence-electron chi connectivity index (χ2n) is 5.69. The molecule has 1 heterocycles. The number of hydrogen-bond donors (Lipinski definition) is 4. The van der Waals surface area contributed by atoms with E-state index in [-0.39, 0.29) is 5.91 Å². The fourth-order valence-electron chi connectivity index (χ4n) is 2.49. The summed E-state index contributed by atoms with van der Waals surface area (Å²) in [6, 6.07) is 15.3. The molecule has 0 bridgehead atoms. The number of rotatable bonds is 4. The Morgan fingerprint density at radius 2 is 1.88 bits per heavy atom. The number of nitrogens with two attached hydrogens (primary N) is 1. The summed E-state index contributed by atoms with van der Waals surface area (Å²) < 4.78 is 0. The fourth-order valence-corrected chi connectivity index (χ4v) is 2.49. The highest BCUT2D eigenvalue weighted by molar-refractivity contribution is 6.00. The summed E-state index contributed by atoms with van der Waals surface area (Å²) in [5.74, 6) is -0.274. The highest BCUT2D eigenvalue weighted by Gasteiger charge is 2.61. The summed E-state index contributed by atoms with van der Waals surface area (Å²) >= 11 is 0. The molecule has 2 unspecified atom stereocenters.